The molecule has 0 radical (unpaired) electrons. The van der Waals surface area contributed by atoms with Crippen LogP contribution in [0.3, 0.4) is 0 Å². The summed E-state index contributed by atoms with van der Waals surface area (Å²) in [7, 11) is -4.67. The van der Waals surface area contributed by atoms with Gasteiger partial charge in [-0.3, -0.25) is 4.55 Å². The van der Waals surface area contributed by atoms with E-state index in [0.29, 0.717) is 0 Å². The zero-order valence-corrected chi connectivity index (χ0v) is 6.52. The van der Waals surface area contributed by atoms with Crippen LogP contribution in [0.2, 0.25) is 0 Å². The van der Waals surface area contributed by atoms with Crippen molar-refractivity contribution in [2.24, 2.45) is 27.3 Å². The second-order valence-electron chi connectivity index (χ2n) is 1.49. The highest BCUT2D eigenvalue weighted by Crippen LogP contribution is 1.86. The Labute approximate surface area is 67.8 Å². The van der Waals surface area contributed by atoms with Crippen molar-refractivity contribution in [1.82, 2.24) is 0 Å². The number of nitrogens with zero attached hydrogens (tertiary/aromatic N) is 2. The van der Waals surface area contributed by atoms with Crippen LogP contribution in [0.4, 0.5) is 0 Å². The minimum Gasteiger partial charge on any atom is -0.370 e. The molecule has 12 heavy (non-hydrogen) atoms. The van der Waals surface area contributed by atoms with Gasteiger partial charge in [0.05, 0.1) is 0 Å². The summed E-state index contributed by atoms with van der Waals surface area (Å²) >= 11 is 0. The molecule has 0 aromatic rings. The summed E-state index contributed by atoms with van der Waals surface area (Å²) in [5.41, 5.74) is 14.5. The molecule has 7 N–H and O–H groups in total. The van der Waals surface area contributed by atoms with Crippen molar-refractivity contribution in [3.63, 3.8) is 0 Å². The fourth-order valence-electron chi connectivity index (χ4n) is 0.238. The van der Waals surface area contributed by atoms with Gasteiger partial charge in [-0.25, -0.2) is 4.28 Å². The molecule has 9 nitrogen and oxygen atoms in total. The molecule has 0 amide bonds. The average Bonchev–Trinajstić information content (AvgIpc) is 1.80. The Balaban J connectivity index is 4.31. The van der Waals surface area contributed by atoms with Crippen LogP contribution in [0, 0.1) is 0 Å². The van der Waals surface area contributed by atoms with Crippen molar-refractivity contribution in [3.05, 3.63) is 0 Å². The molecular weight excluding hydrogens is 190 g/mol. The van der Waals surface area contributed by atoms with E-state index < -0.39 is 22.3 Å². The molecule has 0 rings (SSSR count). The van der Waals surface area contributed by atoms with Crippen molar-refractivity contribution in [2.45, 2.75) is 0 Å². The summed E-state index contributed by atoms with van der Waals surface area (Å²) in [6.07, 6.45) is 0. The van der Waals surface area contributed by atoms with E-state index in [1.165, 1.54) is 0 Å². The first-order valence-electron chi connectivity index (χ1n) is 2.40. The Morgan fingerprint density at radius 2 is 1.83 bits per heavy atom. The number of oxime groups is 1. The summed E-state index contributed by atoms with van der Waals surface area (Å²) < 4.78 is 31.2. The van der Waals surface area contributed by atoms with Crippen molar-refractivity contribution in [1.29, 1.82) is 0 Å². The quantitative estimate of drug-likeness (QED) is 0.162. The highest BCUT2D eigenvalue weighted by molar-refractivity contribution is 7.80. The van der Waals surface area contributed by atoms with Gasteiger partial charge in [0.25, 0.3) is 5.96 Å². The maximum atomic E-state index is 9.88. The van der Waals surface area contributed by atoms with Crippen molar-refractivity contribution in [2.75, 3.05) is 0 Å². The van der Waals surface area contributed by atoms with E-state index in [1.54, 1.807) is 0 Å². The maximum absolute atomic E-state index is 9.88. The molecule has 0 aliphatic carbocycles. The monoisotopic (exact) mass is 197 g/mol. The molecular formula is C2H7N5O4S. The number of hydrogen-bond donors (Lipinski definition) is 4. The van der Waals surface area contributed by atoms with Gasteiger partial charge in [-0.1, -0.05) is 0 Å². The van der Waals surface area contributed by atoms with Crippen LogP contribution < -0.4 is 17.2 Å². The summed E-state index contributed by atoms with van der Waals surface area (Å²) in [6, 6.07) is 0. The first-order chi connectivity index (χ1) is 5.31. The third-order valence-electron chi connectivity index (χ3n) is 0.469. The number of nitrogens with two attached hydrogens (primary N) is 3. The van der Waals surface area contributed by atoms with Gasteiger partial charge in [0.15, 0.2) is 5.96 Å². The first kappa shape index (κ1) is 10.4. The van der Waals surface area contributed by atoms with Gasteiger partial charge in [-0.15, -0.1) is 0 Å². The Kier molecular flexibility index (Phi) is 3.25. The molecule has 0 heterocycles. The van der Waals surface area contributed by atoms with E-state index in [4.69, 9.17) is 21.8 Å². The molecule has 0 aromatic heterocycles. The number of guanidine groups is 2. The number of aliphatic imine (C=N–C) groups is 1. The number of hydrogen-bond acceptors (Lipinski definition) is 4. The molecule has 0 aliphatic rings. The molecule has 0 aromatic carbocycles. The molecule has 70 valence electrons. The summed E-state index contributed by atoms with van der Waals surface area (Å²) in [5.74, 6) is -1.05. The van der Waals surface area contributed by atoms with Gasteiger partial charge in [-0.2, -0.15) is 13.4 Å². The van der Waals surface area contributed by atoms with Crippen LogP contribution in [0.5, 0.6) is 0 Å². The third-order valence-corrected chi connectivity index (χ3v) is 0.732. The number of rotatable bonds is 2. The average molecular weight is 197 g/mol. The molecule has 10 heteroatoms. The molecule has 0 fully saturated rings. The van der Waals surface area contributed by atoms with Crippen LogP contribution >= 0.6 is 0 Å². The van der Waals surface area contributed by atoms with E-state index in [-0.39, 0.29) is 0 Å². The standard InChI is InChI=1S/C2H7N5O4S/c3-1(4)6-2(5)7-11-12(8,9)10/h(H,8,9,10)(H6,3,4,5,6,7). The lowest BCUT2D eigenvalue weighted by atomic mass is 11.0. The van der Waals surface area contributed by atoms with Crippen LogP contribution in [0.25, 0.3) is 0 Å². The predicted molar refractivity (Wildman–Crippen MR) is 40.1 cm³/mol. The lowest BCUT2D eigenvalue weighted by Crippen LogP contribution is -2.26. The van der Waals surface area contributed by atoms with Gasteiger partial charge in [0.2, 0.25) is 0 Å². The second-order valence-corrected chi connectivity index (χ2v) is 2.49. The molecule has 0 saturated carbocycles. The van der Waals surface area contributed by atoms with E-state index in [9.17, 15) is 8.42 Å². The highest BCUT2D eigenvalue weighted by atomic mass is 32.3. The fourth-order valence-corrected chi connectivity index (χ4v) is 0.409. The zero-order valence-electron chi connectivity index (χ0n) is 5.71. The van der Waals surface area contributed by atoms with Crippen LogP contribution in [-0.2, 0) is 14.7 Å². The summed E-state index contributed by atoms with van der Waals surface area (Å²) in [4.78, 5) is 3.08. The molecule has 0 spiro atoms. The maximum Gasteiger partial charge on any atom is 0.466 e. The highest BCUT2D eigenvalue weighted by Gasteiger charge is 2.02. The van der Waals surface area contributed by atoms with Crippen LogP contribution in [-0.4, -0.2) is 24.9 Å². The minimum absolute atomic E-state index is 0.421. The second kappa shape index (κ2) is 3.73. The molecule has 0 unspecified atom stereocenters. The van der Waals surface area contributed by atoms with Crippen molar-refractivity contribution < 1.29 is 17.3 Å². The lowest BCUT2D eigenvalue weighted by Gasteiger charge is -1.92. The molecule has 0 bridgehead atoms. The van der Waals surface area contributed by atoms with Crippen LogP contribution in [0.15, 0.2) is 10.1 Å². The third kappa shape index (κ3) is 6.57. The van der Waals surface area contributed by atoms with Crippen LogP contribution in [0.1, 0.15) is 0 Å². The largest absolute Gasteiger partial charge is 0.466 e. The fraction of sp³-hybridized carbons (Fsp3) is 0. The smallest absolute Gasteiger partial charge is 0.370 e. The van der Waals surface area contributed by atoms with Crippen molar-refractivity contribution >= 4 is 22.3 Å². The van der Waals surface area contributed by atoms with Gasteiger partial charge < -0.3 is 17.2 Å². The Morgan fingerprint density at radius 3 is 2.17 bits per heavy atom. The van der Waals surface area contributed by atoms with Gasteiger partial charge >= 0.3 is 10.4 Å². The lowest BCUT2D eigenvalue weighted by molar-refractivity contribution is 0.281. The van der Waals surface area contributed by atoms with Gasteiger partial charge in [0.1, 0.15) is 0 Å². The molecule has 0 atom stereocenters. The van der Waals surface area contributed by atoms with E-state index >= 15 is 0 Å². The van der Waals surface area contributed by atoms with Gasteiger partial charge in [-0.05, 0) is 5.16 Å². The Morgan fingerprint density at radius 1 is 1.33 bits per heavy atom. The normalized spacial score (nSPS) is 12.2. The summed E-state index contributed by atoms with van der Waals surface area (Å²) in [5, 5.41) is 2.64. The minimum atomic E-state index is -4.67. The Bertz CT molecular complexity index is 299. The van der Waals surface area contributed by atoms with Gasteiger partial charge in [0, 0.05) is 0 Å². The first-order valence-corrected chi connectivity index (χ1v) is 3.77. The summed E-state index contributed by atoms with van der Waals surface area (Å²) in [6.45, 7) is 0. The topological polar surface area (TPSA) is 166 Å². The molecule has 0 saturated heterocycles. The van der Waals surface area contributed by atoms with Crippen molar-refractivity contribution in [3.8, 4) is 0 Å². The molecule has 0 aliphatic heterocycles. The van der Waals surface area contributed by atoms with E-state index in [1.807, 2.05) is 0 Å². The zero-order chi connectivity index (χ0) is 9.78. The van der Waals surface area contributed by atoms with E-state index in [0.717, 1.165) is 0 Å². The van der Waals surface area contributed by atoms with E-state index in [2.05, 4.69) is 14.4 Å². The Hall–Kier alpha value is -1.55. The SMILES string of the molecule is NC(N)=N/C(N)=N/OS(=O)(=O)O. The predicted octanol–water partition coefficient (Wildman–Crippen LogP) is -2.69.